The molecule has 4 nitrogen and oxygen atoms in total. The first-order valence-electron chi connectivity index (χ1n) is 7.21. The van der Waals surface area contributed by atoms with Crippen molar-refractivity contribution in [3.63, 3.8) is 0 Å². The van der Waals surface area contributed by atoms with E-state index in [-0.39, 0.29) is 12.3 Å². The van der Waals surface area contributed by atoms with E-state index in [1.165, 1.54) is 5.56 Å². The summed E-state index contributed by atoms with van der Waals surface area (Å²) in [6, 6.07) is 8.03. The fourth-order valence-corrected chi connectivity index (χ4v) is 3.89. The van der Waals surface area contributed by atoms with Crippen LogP contribution in [0.15, 0.2) is 24.3 Å². The Morgan fingerprint density at radius 2 is 2.00 bits per heavy atom. The number of unbranched alkanes of at least 4 members (excludes halogenated alkanes) is 1. The number of fused-ring (bicyclic) bond motifs is 1. The lowest BCUT2D eigenvalue weighted by molar-refractivity contribution is 0.0317. The summed E-state index contributed by atoms with van der Waals surface area (Å²) in [5.41, 5.74) is 1.41. The van der Waals surface area contributed by atoms with Crippen LogP contribution in [-0.2, 0) is 22.9 Å². The molecule has 0 amide bonds. The predicted octanol–water partition coefficient (Wildman–Crippen LogP) is 1.63. The van der Waals surface area contributed by atoms with E-state index in [1.54, 1.807) is 0 Å². The van der Waals surface area contributed by atoms with E-state index in [1.807, 2.05) is 25.1 Å². The standard InChI is InChI=1S/C15H23NO3S/c1-2-3-10-20(18,19)16-12-15(17)9-8-13-6-4-5-7-14(13)11-15/h4-7,16-17H,2-3,8-12H2,1H3/t15-/m1/s1. The first kappa shape index (κ1) is 15.5. The zero-order valence-electron chi connectivity index (χ0n) is 11.9. The van der Waals surface area contributed by atoms with Crippen molar-refractivity contribution in [2.24, 2.45) is 0 Å². The van der Waals surface area contributed by atoms with E-state index in [2.05, 4.69) is 10.8 Å². The van der Waals surface area contributed by atoms with Crippen LogP contribution in [-0.4, -0.2) is 31.4 Å². The Morgan fingerprint density at radius 3 is 2.70 bits per heavy atom. The number of aliphatic hydroxyl groups is 1. The van der Waals surface area contributed by atoms with Crippen molar-refractivity contribution in [2.75, 3.05) is 12.3 Å². The quantitative estimate of drug-likeness (QED) is 0.838. The zero-order chi connectivity index (χ0) is 14.6. The van der Waals surface area contributed by atoms with Crippen molar-refractivity contribution in [3.8, 4) is 0 Å². The summed E-state index contributed by atoms with van der Waals surface area (Å²) >= 11 is 0. The van der Waals surface area contributed by atoms with Crippen LogP contribution < -0.4 is 4.72 Å². The van der Waals surface area contributed by atoms with Gasteiger partial charge in [0.25, 0.3) is 0 Å². The Morgan fingerprint density at radius 1 is 1.30 bits per heavy atom. The maximum Gasteiger partial charge on any atom is 0.211 e. The second-order valence-corrected chi connectivity index (χ2v) is 7.59. The van der Waals surface area contributed by atoms with Gasteiger partial charge in [-0.2, -0.15) is 0 Å². The molecule has 1 atom stereocenters. The molecule has 1 aromatic rings. The molecule has 5 heteroatoms. The van der Waals surface area contributed by atoms with E-state index in [0.717, 1.165) is 18.4 Å². The van der Waals surface area contributed by atoms with Crippen LogP contribution in [0.25, 0.3) is 0 Å². The zero-order valence-corrected chi connectivity index (χ0v) is 12.7. The first-order chi connectivity index (χ1) is 9.44. The number of aryl methyl sites for hydroxylation is 1. The van der Waals surface area contributed by atoms with Crippen LogP contribution in [0.5, 0.6) is 0 Å². The van der Waals surface area contributed by atoms with Gasteiger partial charge < -0.3 is 5.11 Å². The molecule has 0 spiro atoms. The summed E-state index contributed by atoms with van der Waals surface area (Å²) in [5, 5.41) is 10.6. The molecule has 0 aromatic heterocycles. The van der Waals surface area contributed by atoms with E-state index in [4.69, 9.17) is 0 Å². The summed E-state index contributed by atoms with van der Waals surface area (Å²) in [5.74, 6) is 0.135. The SMILES string of the molecule is CCCCS(=O)(=O)NC[C@@]1(O)CCc2ccccc2C1. The monoisotopic (exact) mass is 297 g/mol. The summed E-state index contributed by atoms with van der Waals surface area (Å²) in [6.07, 6.45) is 3.40. The molecule has 0 aliphatic heterocycles. The molecule has 0 fully saturated rings. The fraction of sp³-hybridized carbons (Fsp3) is 0.600. The highest BCUT2D eigenvalue weighted by Gasteiger charge is 2.32. The number of benzene rings is 1. The maximum atomic E-state index is 11.8. The summed E-state index contributed by atoms with van der Waals surface area (Å²) in [4.78, 5) is 0. The lowest BCUT2D eigenvalue weighted by Crippen LogP contribution is -2.47. The van der Waals surface area contributed by atoms with Crippen molar-refractivity contribution in [1.29, 1.82) is 0 Å². The Bertz CT molecular complexity index is 556. The smallest absolute Gasteiger partial charge is 0.211 e. The normalized spacial score (nSPS) is 22.5. The van der Waals surface area contributed by atoms with Gasteiger partial charge in [-0.1, -0.05) is 37.6 Å². The largest absolute Gasteiger partial charge is 0.388 e. The second kappa shape index (κ2) is 6.24. The Kier molecular flexibility index (Phi) is 4.83. The number of sulfonamides is 1. The lowest BCUT2D eigenvalue weighted by atomic mass is 9.80. The van der Waals surface area contributed by atoms with E-state index < -0.39 is 15.6 Å². The number of rotatable bonds is 6. The van der Waals surface area contributed by atoms with E-state index in [0.29, 0.717) is 19.3 Å². The molecular formula is C15H23NO3S. The average molecular weight is 297 g/mol. The lowest BCUT2D eigenvalue weighted by Gasteiger charge is -2.33. The molecule has 1 aromatic carbocycles. The molecule has 0 saturated heterocycles. The van der Waals surface area contributed by atoms with E-state index >= 15 is 0 Å². The van der Waals surface area contributed by atoms with Crippen molar-refractivity contribution in [1.82, 2.24) is 4.72 Å². The third-order valence-corrected chi connectivity index (χ3v) is 5.30. The van der Waals surface area contributed by atoms with Gasteiger partial charge in [0.2, 0.25) is 10.0 Å². The van der Waals surface area contributed by atoms with Crippen LogP contribution in [0.4, 0.5) is 0 Å². The molecule has 0 unspecified atom stereocenters. The highest BCUT2D eigenvalue weighted by molar-refractivity contribution is 7.89. The minimum atomic E-state index is -3.27. The average Bonchev–Trinajstić information content (AvgIpc) is 2.43. The van der Waals surface area contributed by atoms with Crippen LogP contribution in [0.3, 0.4) is 0 Å². The van der Waals surface area contributed by atoms with Crippen LogP contribution in [0.1, 0.15) is 37.3 Å². The van der Waals surface area contributed by atoms with Crippen molar-refractivity contribution in [3.05, 3.63) is 35.4 Å². The minimum Gasteiger partial charge on any atom is -0.388 e. The second-order valence-electron chi connectivity index (χ2n) is 5.66. The van der Waals surface area contributed by atoms with Gasteiger partial charge in [-0.15, -0.1) is 0 Å². The molecule has 0 saturated carbocycles. The van der Waals surface area contributed by atoms with Gasteiger partial charge >= 0.3 is 0 Å². The van der Waals surface area contributed by atoms with Gasteiger partial charge in [-0.05, 0) is 30.4 Å². The minimum absolute atomic E-state index is 0.105. The fourth-order valence-electron chi connectivity index (χ4n) is 2.59. The van der Waals surface area contributed by atoms with Gasteiger partial charge in [0.15, 0.2) is 0 Å². The number of hydrogen-bond donors (Lipinski definition) is 2. The van der Waals surface area contributed by atoms with Crippen LogP contribution in [0, 0.1) is 0 Å². The summed E-state index contributed by atoms with van der Waals surface area (Å²) in [6.45, 7) is 2.06. The molecule has 2 N–H and O–H groups in total. The number of nitrogens with one attached hydrogen (secondary N) is 1. The molecule has 112 valence electrons. The molecule has 1 aliphatic carbocycles. The summed E-state index contributed by atoms with van der Waals surface area (Å²) in [7, 11) is -3.27. The molecule has 1 aliphatic rings. The Balaban J connectivity index is 1.97. The topological polar surface area (TPSA) is 66.4 Å². The van der Waals surface area contributed by atoms with Crippen LogP contribution >= 0.6 is 0 Å². The summed E-state index contributed by atoms with van der Waals surface area (Å²) < 4.78 is 26.2. The first-order valence-corrected chi connectivity index (χ1v) is 8.86. The van der Waals surface area contributed by atoms with Gasteiger partial charge in [-0.25, -0.2) is 13.1 Å². The van der Waals surface area contributed by atoms with Crippen molar-refractivity contribution >= 4 is 10.0 Å². The molecule has 0 bridgehead atoms. The van der Waals surface area contributed by atoms with Crippen LogP contribution in [0.2, 0.25) is 0 Å². The van der Waals surface area contributed by atoms with Crippen molar-refractivity contribution in [2.45, 2.75) is 44.6 Å². The molecular weight excluding hydrogens is 274 g/mol. The Hall–Kier alpha value is -0.910. The molecule has 2 rings (SSSR count). The van der Waals surface area contributed by atoms with Gasteiger partial charge in [0.1, 0.15) is 0 Å². The molecule has 0 heterocycles. The maximum absolute atomic E-state index is 11.8. The van der Waals surface area contributed by atoms with Gasteiger partial charge in [0, 0.05) is 13.0 Å². The van der Waals surface area contributed by atoms with E-state index in [9.17, 15) is 13.5 Å². The number of hydrogen-bond acceptors (Lipinski definition) is 3. The highest BCUT2D eigenvalue weighted by Crippen LogP contribution is 2.28. The predicted molar refractivity (Wildman–Crippen MR) is 80.1 cm³/mol. The van der Waals surface area contributed by atoms with Gasteiger partial charge in [-0.3, -0.25) is 0 Å². The molecule has 0 radical (unpaired) electrons. The van der Waals surface area contributed by atoms with Gasteiger partial charge in [0.05, 0.1) is 11.4 Å². The third kappa shape index (κ3) is 4.04. The molecule has 20 heavy (non-hydrogen) atoms. The van der Waals surface area contributed by atoms with Crippen molar-refractivity contribution < 1.29 is 13.5 Å². The highest BCUT2D eigenvalue weighted by atomic mass is 32.2. The third-order valence-electron chi connectivity index (χ3n) is 3.89. The Labute approximate surface area is 121 Å².